The molecule has 1 saturated heterocycles. The van der Waals surface area contributed by atoms with Gasteiger partial charge in [-0.2, -0.15) is 0 Å². The van der Waals surface area contributed by atoms with E-state index in [0.717, 1.165) is 13.1 Å². The second kappa shape index (κ2) is 2.82. The summed E-state index contributed by atoms with van der Waals surface area (Å²) in [5, 5.41) is 3.53. The second-order valence-corrected chi connectivity index (χ2v) is 3.91. The van der Waals surface area contributed by atoms with Gasteiger partial charge in [0.15, 0.2) is 0 Å². The van der Waals surface area contributed by atoms with Crippen LogP contribution in [0, 0.1) is 0 Å². The maximum atomic E-state index is 3.53. The highest BCUT2D eigenvalue weighted by Gasteiger charge is 2.28. The molecule has 1 fully saturated rings. The number of nitrogens with one attached hydrogen (secondary N) is 1. The highest BCUT2D eigenvalue weighted by atomic mass is 15.3. The van der Waals surface area contributed by atoms with Gasteiger partial charge in [-0.15, -0.1) is 0 Å². The smallest absolute Gasteiger partial charge is 0.0642 e. The van der Waals surface area contributed by atoms with Gasteiger partial charge in [0, 0.05) is 26.1 Å². The molecule has 2 aliphatic heterocycles. The monoisotopic (exact) mass is 174 g/mol. The fourth-order valence-electron chi connectivity index (χ4n) is 2.39. The largest absolute Gasteiger partial charge is 0.300 e. The summed E-state index contributed by atoms with van der Waals surface area (Å²) in [4.78, 5) is 2.53. The summed E-state index contributed by atoms with van der Waals surface area (Å²) in [5.74, 6) is 0. The van der Waals surface area contributed by atoms with Crippen molar-refractivity contribution in [2.24, 2.45) is 0 Å². The van der Waals surface area contributed by atoms with Crippen molar-refractivity contribution in [2.75, 3.05) is 13.1 Å². The van der Waals surface area contributed by atoms with E-state index in [1.54, 1.807) is 0 Å². The minimum absolute atomic E-state index is 0.606. The summed E-state index contributed by atoms with van der Waals surface area (Å²) >= 11 is 0. The minimum atomic E-state index is 0.606. The van der Waals surface area contributed by atoms with Crippen LogP contribution in [0.3, 0.4) is 0 Å². The standard InChI is InChI=1S/C11H14N2/c1-2-4-10-8-13-6-5-12-11(13)7-9(10)3-1/h1-4,11-12H,5-8H2. The number of fused-ring (bicyclic) bond motifs is 2. The minimum Gasteiger partial charge on any atom is -0.300 e. The molecule has 0 spiro atoms. The SMILES string of the molecule is c1ccc2c(c1)CC1NCCN1C2. The van der Waals surface area contributed by atoms with E-state index in [9.17, 15) is 0 Å². The summed E-state index contributed by atoms with van der Waals surface area (Å²) in [6.45, 7) is 3.49. The molecule has 0 aromatic heterocycles. The Morgan fingerprint density at radius 2 is 2.08 bits per heavy atom. The van der Waals surface area contributed by atoms with Crippen LogP contribution in [0.4, 0.5) is 0 Å². The number of hydrogen-bond donors (Lipinski definition) is 1. The summed E-state index contributed by atoms with van der Waals surface area (Å²) in [6, 6.07) is 8.79. The second-order valence-electron chi connectivity index (χ2n) is 3.91. The van der Waals surface area contributed by atoms with Gasteiger partial charge in [0.1, 0.15) is 0 Å². The molecule has 0 aliphatic carbocycles. The van der Waals surface area contributed by atoms with Crippen LogP contribution in [0.5, 0.6) is 0 Å². The van der Waals surface area contributed by atoms with E-state index < -0.39 is 0 Å². The van der Waals surface area contributed by atoms with E-state index >= 15 is 0 Å². The molecular weight excluding hydrogens is 160 g/mol. The maximum absolute atomic E-state index is 3.53. The van der Waals surface area contributed by atoms with Crippen molar-refractivity contribution in [2.45, 2.75) is 19.1 Å². The zero-order valence-electron chi connectivity index (χ0n) is 7.66. The Labute approximate surface area is 78.6 Å². The number of nitrogens with zero attached hydrogens (tertiary/aromatic N) is 1. The van der Waals surface area contributed by atoms with Crippen molar-refractivity contribution >= 4 is 0 Å². The Hall–Kier alpha value is -0.860. The van der Waals surface area contributed by atoms with Crippen LogP contribution in [0.2, 0.25) is 0 Å². The van der Waals surface area contributed by atoms with Crippen molar-refractivity contribution in [1.82, 2.24) is 10.2 Å². The fraction of sp³-hybridized carbons (Fsp3) is 0.455. The molecule has 1 atom stereocenters. The third-order valence-corrected chi connectivity index (χ3v) is 3.12. The fourth-order valence-corrected chi connectivity index (χ4v) is 2.39. The van der Waals surface area contributed by atoms with Crippen molar-refractivity contribution < 1.29 is 0 Å². The molecule has 0 amide bonds. The van der Waals surface area contributed by atoms with Gasteiger partial charge in [0.05, 0.1) is 6.17 Å². The van der Waals surface area contributed by atoms with Gasteiger partial charge in [-0.05, 0) is 11.1 Å². The van der Waals surface area contributed by atoms with E-state index in [0.29, 0.717) is 6.17 Å². The van der Waals surface area contributed by atoms with Crippen LogP contribution < -0.4 is 5.32 Å². The zero-order chi connectivity index (χ0) is 8.67. The van der Waals surface area contributed by atoms with Crippen LogP contribution in [0.25, 0.3) is 0 Å². The lowest BCUT2D eigenvalue weighted by Crippen LogP contribution is -2.40. The Balaban J connectivity index is 1.97. The molecule has 13 heavy (non-hydrogen) atoms. The summed E-state index contributed by atoms with van der Waals surface area (Å²) in [5.41, 5.74) is 3.04. The summed E-state index contributed by atoms with van der Waals surface area (Å²) in [7, 11) is 0. The van der Waals surface area contributed by atoms with Crippen LogP contribution in [-0.2, 0) is 13.0 Å². The van der Waals surface area contributed by atoms with Crippen LogP contribution >= 0.6 is 0 Å². The molecule has 0 bridgehead atoms. The molecule has 0 radical (unpaired) electrons. The molecule has 2 heteroatoms. The Kier molecular flexibility index (Phi) is 1.64. The lowest BCUT2D eigenvalue weighted by molar-refractivity contribution is 0.215. The third-order valence-electron chi connectivity index (χ3n) is 3.12. The molecule has 1 N–H and O–H groups in total. The first-order valence-electron chi connectivity index (χ1n) is 4.98. The molecular formula is C11H14N2. The predicted molar refractivity (Wildman–Crippen MR) is 52.3 cm³/mol. The van der Waals surface area contributed by atoms with Gasteiger partial charge < -0.3 is 5.32 Å². The molecule has 0 saturated carbocycles. The van der Waals surface area contributed by atoms with Crippen molar-refractivity contribution in [1.29, 1.82) is 0 Å². The van der Waals surface area contributed by atoms with Gasteiger partial charge in [-0.1, -0.05) is 24.3 Å². The lowest BCUT2D eigenvalue weighted by Gasteiger charge is -2.30. The van der Waals surface area contributed by atoms with Crippen LogP contribution in [0.15, 0.2) is 24.3 Å². The first kappa shape index (κ1) is 7.54. The van der Waals surface area contributed by atoms with Gasteiger partial charge >= 0.3 is 0 Å². The summed E-state index contributed by atoms with van der Waals surface area (Å²) < 4.78 is 0. The Bertz CT molecular complexity index is 291. The third kappa shape index (κ3) is 1.18. The van der Waals surface area contributed by atoms with E-state index in [1.807, 2.05) is 0 Å². The van der Waals surface area contributed by atoms with Crippen molar-refractivity contribution in [3.8, 4) is 0 Å². The molecule has 2 nitrogen and oxygen atoms in total. The highest BCUT2D eigenvalue weighted by Crippen LogP contribution is 2.23. The molecule has 1 aromatic carbocycles. The van der Waals surface area contributed by atoms with Crippen LogP contribution in [0.1, 0.15) is 11.1 Å². The topological polar surface area (TPSA) is 15.3 Å². The quantitative estimate of drug-likeness (QED) is 0.630. The van der Waals surface area contributed by atoms with E-state index in [1.165, 1.54) is 24.1 Å². The molecule has 3 rings (SSSR count). The molecule has 1 aromatic rings. The molecule has 2 heterocycles. The Morgan fingerprint density at radius 3 is 3.00 bits per heavy atom. The molecule has 2 aliphatic rings. The van der Waals surface area contributed by atoms with Gasteiger partial charge in [0.2, 0.25) is 0 Å². The first-order valence-corrected chi connectivity index (χ1v) is 4.98. The van der Waals surface area contributed by atoms with Crippen molar-refractivity contribution in [3.05, 3.63) is 35.4 Å². The van der Waals surface area contributed by atoms with E-state index in [2.05, 4.69) is 34.5 Å². The zero-order valence-corrected chi connectivity index (χ0v) is 7.66. The van der Waals surface area contributed by atoms with Gasteiger partial charge in [-0.3, -0.25) is 4.90 Å². The van der Waals surface area contributed by atoms with E-state index in [-0.39, 0.29) is 0 Å². The molecule has 1 unspecified atom stereocenters. The van der Waals surface area contributed by atoms with Crippen molar-refractivity contribution in [3.63, 3.8) is 0 Å². The average Bonchev–Trinajstić information content (AvgIpc) is 2.61. The van der Waals surface area contributed by atoms with Gasteiger partial charge in [0.25, 0.3) is 0 Å². The molecule has 68 valence electrons. The van der Waals surface area contributed by atoms with Gasteiger partial charge in [-0.25, -0.2) is 0 Å². The highest BCUT2D eigenvalue weighted by molar-refractivity contribution is 5.30. The normalized spacial score (nSPS) is 26.9. The Morgan fingerprint density at radius 1 is 1.23 bits per heavy atom. The summed E-state index contributed by atoms with van der Waals surface area (Å²) in [6.07, 6.45) is 1.78. The maximum Gasteiger partial charge on any atom is 0.0642 e. The number of rotatable bonds is 0. The average molecular weight is 174 g/mol. The number of benzene rings is 1. The first-order chi connectivity index (χ1) is 6.43. The lowest BCUT2D eigenvalue weighted by atomic mass is 9.98. The number of hydrogen-bond acceptors (Lipinski definition) is 2. The van der Waals surface area contributed by atoms with E-state index in [4.69, 9.17) is 0 Å². The van der Waals surface area contributed by atoms with Crippen LogP contribution in [-0.4, -0.2) is 24.2 Å². The predicted octanol–water partition coefficient (Wildman–Crippen LogP) is 0.974.